The standard InChI is InChI=1S/C5H10O3.Na/c1-2-3-4(6)5(7)8;/h4,6H,2-3H2,1H3,(H,7,8);. The van der Waals surface area contributed by atoms with Gasteiger partial charge in [0.05, 0.1) is 0 Å². The normalized spacial score (nSPS) is 11.8. The molecule has 1 unspecified atom stereocenters. The number of aliphatic carboxylic acids is 1. The van der Waals surface area contributed by atoms with E-state index in [9.17, 15) is 4.79 Å². The number of aliphatic hydroxyl groups excluding tert-OH is 1. The van der Waals surface area contributed by atoms with Gasteiger partial charge in [-0.15, -0.1) is 0 Å². The van der Waals surface area contributed by atoms with Crippen LogP contribution in [-0.4, -0.2) is 51.8 Å². The van der Waals surface area contributed by atoms with E-state index >= 15 is 0 Å². The Morgan fingerprint density at radius 1 is 1.67 bits per heavy atom. The number of carboxylic acids is 1. The van der Waals surface area contributed by atoms with E-state index in [1.807, 2.05) is 6.92 Å². The van der Waals surface area contributed by atoms with E-state index in [1.165, 1.54) is 0 Å². The zero-order valence-electron chi connectivity index (χ0n) is 5.79. The molecule has 2 N–H and O–H groups in total. The van der Waals surface area contributed by atoms with Gasteiger partial charge >= 0.3 is 5.97 Å². The van der Waals surface area contributed by atoms with Crippen LogP contribution in [0, 0.1) is 0 Å². The summed E-state index contributed by atoms with van der Waals surface area (Å²) in [5, 5.41) is 16.6. The van der Waals surface area contributed by atoms with E-state index in [-0.39, 0.29) is 29.6 Å². The van der Waals surface area contributed by atoms with E-state index in [0.29, 0.717) is 12.8 Å². The number of carbonyl (C=O) groups is 1. The fourth-order valence-electron chi connectivity index (χ4n) is 0.397. The molecule has 0 bridgehead atoms. The van der Waals surface area contributed by atoms with E-state index in [4.69, 9.17) is 10.2 Å². The SMILES string of the molecule is CCCC(O)C(=O)O.[Na]. The van der Waals surface area contributed by atoms with Crippen LogP contribution in [0.15, 0.2) is 0 Å². The molecule has 0 saturated heterocycles. The number of hydrogen-bond donors (Lipinski definition) is 2. The molecule has 0 heterocycles. The number of aliphatic hydroxyl groups is 1. The summed E-state index contributed by atoms with van der Waals surface area (Å²) < 4.78 is 0. The molecule has 1 atom stereocenters. The van der Waals surface area contributed by atoms with Gasteiger partial charge < -0.3 is 10.2 Å². The summed E-state index contributed by atoms with van der Waals surface area (Å²) in [5.74, 6) is -1.13. The second-order valence-electron chi connectivity index (χ2n) is 1.64. The monoisotopic (exact) mass is 141 g/mol. The van der Waals surface area contributed by atoms with Crippen LogP contribution in [-0.2, 0) is 4.79 Å². The molecule has 1 radical (unpaired) electrons. The first-order valence-corrected chi connectivity index (χ1v) is 2.59. The van der Waals surface area contributed by atoms with Crippen LogP contribution in [0.2, 0.25) is 0 Å². The molecule has 9 heavy (non-hydrogen) atoms. The van der Waals surface area contributed by atoms with Gasteiger partial charge in [-0.05, 0) is 6.42 Å². The summed E-state index contributed by atoms with van der Waals surface area (Å²) in [5.41, 5.74) is 0. The Labute approximate surface area is 76.4 Å². The van der Waals surface area contributed by atoms with Crippen molar-refractivity contribution in [2.45, 2.75) is 25.9 Å². The Morgan fingerprint density at radius 2 is 2.11 bits per heavy atom. The first-order chi connectivity index (χ1) is 3.68. The van der Waals surface area contributed by atoms with Gasteiger partial charge in [-0.2, -0.15) is 0 Å². The summed E-state index contributed by atoms with van der Waals surface area (Å²) >= 11 is 0. The quantitative estimate of drug-likeness (QED) is 0.537. The Morgan fingerprint density at radius 3 is 2.22 bits per heavy atom. The van der Waals surface area contributed by atoms with Crippen LogP contribution in [0.4, 0.5) is 0 Å². The predicted molar refractivity (Wildman–Crippen MR) is 34.3 cm³/mol. The third kappa shape index (κ3) is 6.31. The van der Waals surface area contributed by atoms with Gasteiger partial charge in [0.15, 0.2) is 6.10 Å². The Bertz CT molecular complexity index is 84.3. The molecule has 0 aliphatic carbocycles. The van der Waals surface area contributed by atoms with Crippen molar-refractivity contribution in [1.29, 1.82) is 0 Å². The molecule has 0 saturated carbocycles. The molecule has 0 aromatic carbocycles. The van der Waals surface area contributed by atoms with Crippen LogP contribution in [0.5, 0.6) is 0 Å². The second kappa shape index (κ2) is 6.55. The second-order valence-corrected chi connectivity index (χ2v) is 1.64. The summed E-state index contributed by atoms with van der Waals surface area (Å²) in [6.07, 6.45) is -0.122. The first-order valence-electron chi connectivity index (χ1n) is 2.59. The molecule has 49 valence electrons. The average Bonchev–Trinajstić information content (AvgIpc) is 1.67. The predicted octanol–water partition coefficient (Wildman–Crippen LogP) is -0.149. The van der Waals surface area contributed by atoms with Crippen molar-refractivity contribution >= 4 is 35.5 Å². The van der Waals surface area contributed by atoms with Gasteiger partial charge in [0.2, 0.25) is 0 Å². The van der Waals surface area contributed by atoms with E-state index in [1.54, 1.807) is 0 Å². The van der Waals surface area contributed by atoms with Gasteiger partial charge in [0, 0.05) is 29.6 Å². The van der Waals surface area contributed by atoms with Gasteiger partial charge in [-0.25, -0.2) is 4.79 Å². The van der Waals surface area contributed by atoms with Crippen LogP contribution >= 0.6 is 0 Å². The minimum absolute atomic E-state index is 0. The van der Waals surface area contributed by atoms with Crippen molar-refractivity contribution in [1.82, 2.24) is 0 Å². The van der Waals surface area contributed by atoms with Crippen molar-refractivity contribution in [3.8, 4) is 0 Å². The zero-order valence-corrected chi connectivity index (χ0v) is 7.79. The van der Waals surface area contributed by atoms with Crippen LogP contribution in [0.3, 0.4) is 0 Å². The fourth-order valence-corrected chi connectivity index (χ4v) is 0.397. The van der Waals surface area contributed by atoms with Gasteiger partial charge in [-0.3, -0.25) is 0 Å². The minimum atomic E-state index is -1.17. The molecule has 0 aromatic heterocycles. The van der Waals surface area contributed by atoms with Gasteiger partial charge in [-0.1, -0.05) is 13.3 Å². The molecule has 0 rings (SSSR count). The molecule has 0 aliphatic heterocycles. The van der Waals surface area contributed by atoms with Gasteiger partial charge in [0.1, 0.15) is 0 Å². The number of hydrogen-bond acceptors (Lipinski definition) is 2. The number of carboxylic acid groups (broad SMARTS) is 1. The molecule has 0 spiro atoms. The third-order valence-corrected chi connectivity index (χ3v) is 0.847. The molecule has 0 aromatic rings. The molecule has 3 nitrogen and oxygen atoms in total. The van der Waals surface area contributed by atoms with Crippen molar-refractivity contribution in [3.63, 3.8) is 0 Å². The van der Waals surface area contributed by atoms with Crippen molar-refractivity contribution in [2.75, 3.05) is 0 Å². The smallest absolute Gasteiger partial charge is 0.332 e. The van der Waals surface area contributed by atoms with Crippen LogP contribution in [0.25, 0.3) is 0 Å². The zero-order chi connectivity index (χ0) is 6.57. The number of rotatable bonds is 3. The van der Waals surface area contributed by atoms with Crippen LogP contribution < -0.4 is 0 Å². The maximum atomic E-state index is 9.84. The molecule has 4 heteroatoms. The van der Waals surface area contributed by atoms with Crippen molar-refractivity contribution < 1.29 is 15.0 Å². The maximum Gasteiger partial charge on any atom is 0.332 e. The molecule has 0 aliphatic rings. The van der Waals surface area contributed by atoms with Crippen molar-refractivity contribution in [2.24, 2.45) is 0 Å². The topological polar surface area (TPSA) is 57.5 Å². The third-order valence-electron chi connectivity index (χ3n) is 0.847. The molecular weight excluding hydrogens is 131 g/mol. The summed E-state index contributed by atoms with van der Waals surface area (Å²) in [6.45, 7) is 1.83. The van der Waals surface area contributed by atoms with Crippen LogP contribution in [0.1, 0.15) is 19.8 Å². The first kappa shape index (κ1) is 12.1. The Kier molecular flexibility index (Phi) is 8.83. The average molecular weight is 141 g/mol. The fraction of sp³-hybridized carbons (Fsp3) is 0.800. The molecular formula is C5H10NaO3. The Hall–Kier alpha value is 0.430. The summed E-state index contributed by atoms with van der Waals surface area (Å²) in [7, 11) is 0. The van der Waals surface area contributed by atoms with Gasteiger partial charge in [0.25, 0.3) is 0 Å². The molecule has 0 fully saturated rings. The Balaban J connectivity index is 0. The maximum absolute atomic E-state index is 9.84. The van der Waals surface area contributed by atoms with E-state index < -0.39 is 12.1 Å². The molecule has 0 amide bonds. The summed E-state index contributed by atoms with van der Waals surface area (Å²) in [4.78, 5) is 9.84. The summed E-state index contributed by atoms with van der Waals surface area (Å²) in [6, 6.07) is 0. The van der Waals surface area contributed by atoms with E-state index in [0.717, 1.165) is 0 Å². The largest absolute Gasteiger partial charge is 0.479 e. The van der Waals surface area contributed by atoms with Crippen molar-refractivity contribution in [3.05, 3.63) is 0 Å². The van der Waals surface area contributed by atoms with E-state index in [2.05, 4.69) is 0 Å². The minimum Gasteiger partial charge on any atom is -0.479 e.